The van der Waals surface area contributed by atoms with Crippen molar-refractivity contribution in [3.63, 3.8) is 0 Å². The number of para-hydroxylation sites is 1. The molecule has 1 heterocycles. The van der Waals surface area contributed by atoms with E-state index < -0.39 is 0 Å². The summed E-state index contributed by atoms with van der Waals surface area (Å²) >= 11 is 1.69. The number of carbonyl (C=O) groups excluding carboxylic acids is 1. The van der Waals surface area contributed by atoms with Crippen molar-refractivity contribution in [3.8, 4) is 0 Å². The summed E-state index contributed by atoms with van der Waals surface area (Å²) in [6.45, 7) is 8.63. The predicted octanol–water partition coefficient (Wildman–Crippen LogP) is 3.59. The van der Waals surface area contributed by atoms with Crippen LogP contribution in [0.3, 0.4) is 0 Å². The number of likely N-dealkylation sites (N-methyl/N-ethyl adjacent to an activating group) is 1. The fourth-order valence-corrected chi connectivity index (χ4v) is 3.21. The van der Waals surface area contributed by atoms with Gasteiger partial charge in [-0.3, -0.25) is 9.69 Å². The van der Waals surface area contributed by atoms with E-state index in [1.165, 1.54) is 4.70 Å². The maximum Gasteiger partial charge on any atom is 0.234 e. The molecule has 1 N–H and O–H groups in total. The molecule has 1 atom stereocenters. The standard InChI is InChI=1S/C17H25N3OS/c1-6-17(3,4)19-15(21)11-20(5)12(2)16-18-13-9-7-8-10-14(13)22-16/h7-10,12H,6,11H2,1-5H3,(H,19,21)/t12-/m0/s1. The Balaban J connectivity index is 2.02. The first-order chi connectivity index (χ1) is 10.3. The Morgan fingerprint density at radius 3 is 2.73 bits per heavy atom. The van der Waals surface area contributed by atoms with Gasteiger partial charge in [0.2, 0.25) is 5.91 Å². The number of hydrogen-bond acceptors (Lipinski definition) is 4. The van der Waals surface area contributed by atoms with Crippen LogP contribution in [-0.4, -0.2) is 34.9 Å². The lowest BCUT2D eigenvalue weighted by molar-refractivity contribution is -0.124. The molecule has 1 aromatic carbocycles. The van der Waals surface area contributed by atoms with Crippen LogP contribution in [0.1, 0.15) is 45.2 Å². The lowest BCUT2D eigenvalue weighted by Gasteiger charge is -2.28. The molecule has 0 spiro atoms. The molecule has 22 heavy (non-hydrogen) atoms. The van der Waals surface area contributed by atoms with E-state index in [-0.39, 0.29) is 17.5 Å². The molecule has 1 amide bonds. The summed E-state index contributed by atoms with van der Waals surface area (Å²) in [4.78, 5) is 18.9. The Kier molecular flexibility index (Phi) is 5.19. The molecule has 2 aromatic rings. The van der Waals surface area contributed by atoms with Crippen LogP contribution < -0.4 is 5.32 Å². The largest absolute Gasteiger partial charge is 0.350 e. The number of aromatic nitrogens is 1. The fourth-order valence-electron chi connectivity index (χ4n) is 2.13. The molecular weight excluding hydrogens is 294 g/mol. The molecule has 0 saturated heterocycles. The summed E-state index contributed by atoms with van der Waals surface area (Å²) in [6.07, 6.45) is 0.913. The second-order valence-corrected chi connectivity index (χ2v) is 7.46. The SMILES string of the molecule is CCC(C)(C)NC(=O)CN(C)[C@@H](C)c1nc2ccccc2s1. The molecule has 120 valence electrons. The molecule has 5 heteroatoms. The van der Waals surface area contributed by atoms with E-state index in [0.717, 1.165) is 16.9 Å². The third-order valence-corrected chi connectivity index (χ3v) is 5.29. The smallest absolute Gasteiger partial charge is 0.234 e. The summed E-state index contributed by atoms with van der Waals surface area (Å²) in [5.41, 5.74) is 0.871. The van der Waals surface area contributed by atoms with E-state index in [0.29, 0.717) is 6.54 Å². The number of benzene rings is 1. The summed E-state index contributed by atoms with van der Waals surface area (Å²) < 4.78 is 1.19. The molecule has 1 aromatic heterocycles. The third kappa shape index (κ3) is 4.05. The number of fused-ring (bicyclic) bond motifs is 1. The molecule has 0 fully saturated rings. The first-order valence-electron chi connectivity index (χ1n) is 7.69. The van der Waals surface area contributed by atoms with Gasteiger partial charge >= 0.3 is 0 Å². The van der Waals surface area contributed by atoms with Crippen molar-refractivity contribution >= 4 is 27.5 Å². The van der Waals surface area contributed by atoms with Gasteiger partial charge in [0.1, 0.15) is 5.01 Å². The molecule has 0 saturated carbocycles. The first-order valence-corrected chi connectivity index (χ1v) is 8.51. The minimum Gasteiger partial charge on any atom is -0.350 e. The van der Waals surface area contributed by atoms with Gasteiger partial charge in [0, 0.05) is 5.54 Å². The summed E-state index contributed by atoms with van der Waals surface area (Å²) in [6, 6.07) is 8.25. The molecule has 0 unspecified atom stereocenters. The lowest BCUT2D eigenvalue weighted by Crippen LogP contribution is -2.47. The maximum atomic E-state index is 12.2. The highest BCUT2D eigenvalue weighted by Crippen LogP contribution is 2.28. The number of nitrogens with zero attached hydrogens (tertiary/aromatic N) is 2. The third-order valence-electron chi connectivity index (χ3n) is 4.08. The number of amides is 1. The summed E-state index contributed by atoms with van der Waals surface area (Å²) in [5.74, 6) is 0.0577. The van der Waals surface area contributed by atoms with Crippen LogP contribution in [0.25, 0.3) is 10.2 Å². The second kappa shape index (κ2) is 6.75. The minimum atomic E-state index is -0.156. The van der Waals surface area contributed by atoms with Crippen molar-refractivity contribution in [2.45, 2.75) is 45.7 Å². The monoisotopic (exact) mass is 319 g/mol. The van der Waals surface area contributed by atoms with Crippen LogP contribution in [0.4, 0.5) is 0 Å². The van der Waals surface area contributed by atoms with Gasteiger partial charge in [0.05, 0.1) is 22.8 Å². The van der Waals surface area contributed by atoms with Gasteiger partial charge in [-0.1, -0.05) is 19.1 Å². The number of nitrogens with one attached hydrogen (secondary N) is 1. The van der Waals surface area contributed by atoms with Gasteiger partial charge in [-0.15, -0.1) is 11.3 Å². The van der Waals surface area contributed by atoms with Crippen LogP contribution in [0.15, 0.2) is 24.3 Å². The molecule has 0 aliphatic heterocycles. The van der Waals surface area contributed by atoms with Gasteiger partial charge < -0.3 is 5.32 Å². The lowest BCUT2D eigenvalue weighted by atomic mass is 10.0. The molecule has 2 rings (SSSR count). The zero-order chi connectivity index (χ0) is 16.3. The highest BCUT2D eigenvalue weighted by molar-refractivity contribution is 7.18. The van der Waals surface area contributed by atoms with Crippen LogP contribution in [-0.2, 0) is 4.79 Å². The van der Waals surface area contributed by atoms with Gasteiger partial charge in [0.15, 0.2) is 0 Å². The average molecular weight is 319 g/mol. The fraction of sp³-hybridized carbons (Fsp3) is 0.529. The van der Waals surface area contributed by atoms with Crippen molar-refractivity contribution in [2.75, 3.05) is 13.6 Å². The Bertz CT molecular complexity index is 617. The van der Waals surface area contributed by atoms with Gasteiger partial charge in [-0.2, -0.15) is 0 Å². The zero-order valence-corrected chi connectivity index (χ0v) is 14.8. The van der Waals surface area contributed by atoms with Crippen LogP contribution in [0.5, 0.6) is 0 Å². The highest BCUT2D eigenvalue weighted by atomic mass is 32.1. The number of hydrogen-bond donors (Lipinski definition) is 1. The van der Waals surface area contributed by atoms with Gasteiger partial charge in [-0.25, -0.2) is 4.98 Å². The van der Waals surface area contributed by atoms with Crippen molar-refractivity contribution in [1.82, 2.24) is 15.2 Å². The van der Waals surface area contributed by atoms with Crippen LogP contribution >= 0.6 is 11.3 Å². The van der Waals surface area contributed by atoms with Crippen molar-refractivity contribution in [1.29, 1.82) is 0 Å². The Morgan fingerprint density at radius 1 is 1.41 bits per heavy atom. The van der Waals surface area contributed by atoms with Crippen molar-refractivity contribution in [2.24, 2.45) is 0 Å². The van der Waals surface area contributed by atoms with Crippen LogP contribution in [0.2, 0.25) is 0 Å². The minimum absolute atomic E-state index is 0.0577. The normalized spacial score (nSPS) is 13.5. The second-order valence-electron chi connectivity index (χ2n) is 6.40. The summed E-state index contributed by atoms with van der Waals surface area (Å²) in [7, 11) is 1.97. The highest BCUT2D eigenvalue weighted by Gasteiger charge is 2.22. The van der Waals surface area contributed by atoms with Crippen LogP contribution in [0, 0.1) is 0 Å². The van der Waals surface area contributed by atoms with E-state index in [2.05, 4.69) is 30.2 Å². The van der Waals surface area contributed by atoms with Gasteiger partial charge in [-0.05, 0) is 46.4 Å². The van der Waals surface area contributed by atoms with E-state index in [9.17, 15) is 4.79 Å². The molecule has 0 aliphatic carbocycles. The summed E-state index contributed by atoms with van der Waals surface area (Å²) in [5, 5.41) is 4.12. The molecule has 0 radical (unpaired) electrons. The quantitative estimate of drug-likeness (QED) is 0.885. The van der Waals surface area contributed by atoms with Crippen molar-refractivity contribution in [3.05, 3.63) is 29.3 Å². The topological polar surface area (TPSA) is 45.2 Å². The average Bonchev–Trinajstić information content (AvgIpc) is 2.89. The predicted molar refractivity (Wildman–Crippen MR) is 93.2 cm³/mol. The Labute approximate surface area is 136 Å². The van der Waals surface area contributed by atoms with Crippen molar-refractivity contribution < 1.29 is 4.79 Å². The Morgan fingerprint density at radius 2 is 2.09 bits per heavy atom. The van der Waals surface area contributed by atoms with E-state index >= 15 is 0 Å². The molecular formula is C17H25N3OS. The molecule has 0 bridgehead atoms. The zero-order valence-electron chi connectivity index (χ0n) is 14.0. The number of rotatable bonds is 6. The maximum absolute atomic E-state index is 12.2. The van der Waals surface area contributed by atoms with E-state index in [1.807, 2.05) is 44.0 Å². The number of thiazole rings is 1. The molecule has 0 aliphatic rings. The first kappa shape index (κ1) is 16.9. The Hall–Kier alpha value is -1.46. The van der Waals surface area contributed by atoms with Gasteiger partial charge in [0.25, 0.3) is 0 Å². The van der Waals surface area contributed by atoms with E-state index in [4.69, 9.17) is 0 Å². The molecule has 4 nitrogen and oxygen atoms in total. The van der Waals surface area contributed by atoms with E-state index in [1.54, 1.807) is 11.3 Å². The number of carbonyl (C=O) groups is 1.